The van der Waals surface area contributed by atoms with Crippen LogP contribution >= 0.6 is 0 Å². The summed E-state index contributed by atoms with van der Waals surface area (Å²) in [5.41, 5.74) is 0. The molecule has 0 radical (unpaired) electrons. The van der Waals surface area contributed by atoms with Crippen LogP contribution in [0.3, 0.4) is 0 Å². The van der Waals surface area contributed by atoms with Gasteiger partial charge in [-0.25, -0.2) is 0 Å². The molecular weight excluding hydrogens is 264 g/mol. The van der Waals surface area contributed by atoms with Crippen LogP contribution in [-0.2, 0) is 14.3 Å². The Labute approximate surface area is 131 Å². The van der Waals surface area contributed by atoms with Gasteiger partial charge < -0.3 is 9.47 Å². The van der Waals surface area contributed by atoms with Gasteiger partial charge in [0.2, 0.25) is 5.79 Å². The molecule has 0 fully saturated rings. The number of hydrogen-bond acceptors (Lipinski definition) is 3. The van der Waals surface area contributed by atoms with Crippen molar-refractivity contribution in [3.8, 4) is 0 Å². The molecule has 0 saturated carbocycles. The van der Waals surface area contributed by atoms with E-state index in [-0.39, 0.29) is 18.0 Å². The average Bonchev–Trinajstić information content (AvgIpc) is 2.38. The maximum Gasteiger partial charge on any atom is 0.311 e. The minimum Gasteiger partial charge on any atom is -0.433 e. The van der Waals surface area contributed by atoms with Crippen molar-refractivity contribution in [1.82, 2.24) is 0 Å². The molecule has 0 saturated heterocycles. The third kappa shape index (κ3) is 9.13. The number of ether oxygens (including phenoxy) is 2. The second-order valence-corrected chi connectivity index (χ2v) is 6.41. The summed E-state index contributed by atoms with van der Waals surface area (Å²) in [6.45, 7) is 12.2. The van der Waals surface area contributed by atoms with E-state index < -0.39 is 5.79 Å². The quantitative estimate of drug-likeness (QED) is 0.354. The van der Waals surface area contributed by atoms with E-state index in [1.165, 1.54) is 0 Å². The minimum atomic E-state index is -0.828. The molecule has 3 nitrogen and oxygen atoms in total. The third-order valence-electron chi connectivity index (χ3n) is 3.63. The molecule has 0 spiro atoms. The van der Waals surface area contributed by atoms with Crippen molar-refractivity contribution in [3.63, 3.8) is 0 Å². The molecule has 0 atom stereocenters. The molecule has 0 bridgehead atoms. The van der Waals surface area contributed by atoms with Crippen molar-refractivity contribution in [2.75, 3.05) is 0 Å². The molecule has 0 amide bonds. The first-order valence-corrected chi connectivity index (χ1v) is 8.80. The molecule has 0 aromatic heterocycles. The van der Waals surface area contributed by atoms with E-state index in [1.54, 1.807) is 0 Å². The van der Waals surface area contributed by atoms with Gasteiger partial charge >= 0.3 is 5.97 Å². The second kappa shape index (κ2) is 11.1. The first kappa shape index (κ1) is 20.4. The zero-order valence-corrected chi connectivity index (χ0v) is 15.0. The van der Waals surface area contributed by atoms with Gasteiger partial charge in [-0.15, -0.1) is 0 Å². The molecule has 3 heteroatoms. The molecule has 0 aromatic rings. The lowest BCUT2D eigenvalue weighted by molar-refractivity contribution is -0.237. The van der Waals surface area contributed by atoms with E-state index in [0.29, 0.717) is 0 Å². The monoisotopic (exact) mass is 300 g/mol. The van der Waals surface area contributed by atoms with Crippen LogP contribution in [0.15, 0.2) is 0 Å². The molecule has 0 N–H and O–H groups in total. The maximum absolute atomic E-state index is 12.3. The standard InChI is InChI=1S/C18H36O3/c1-7-11-15(12-8-2)17(19)21-18(5,6)20-16(13-9-3)14-10-4/h15-16H,7-14H2,1-6H3. The van der Waals surface area contributed by atoms with Crippen molar-refractivity contribution < 1.29 is 14.3 Å². The summed E-state index contributed by atoms with van der Waals surface area (Å²) in [4.78, 5) is 12.3. The van der Waals surface area contributed by atoms with Gasteiger partial charge in [0.15, 0.2) is 0 Å². The van der Waals surface area contributed by atoms with Crippen LogP contribution in [0.4, 0.5) is 0 Å². The topological polar surface area (TPSA) is 35.5 Å². The summed E-state index contributed by atoms with van der Waals surface area (Å²) in [6, 6.07) is 0. The van der Waals surface area contributed by atoms with Gasteiger partial charge in [-0.1, -0.05) is 53.4 Å². The molecule has 21 heavy (non-hydrogen) atoms. The lowest BCUT2D eigenvalue weighted by atomic mass is 9.98. The van der Waals surface area contributed by atoms with Gasteiger partial charge in [-0.2, -0.15) is 0 Å². The molecule has 0 aromatic carbocycles. The highest BCUT2D eigenvalue weighted by Crippen LogP contribution is 2.24. The van der Waals surface area contributed by atoms with Crippen LogP contribution < -0.4 is 0 Å². The fourth-order valence-corrected chi connectivity index (χ4v) is 2.73. The lowest BCUT2D eigenvalue weighted by Crippen LogP contribution is -2.37. The Morgan fingerprint density at radius 3 is 1.67 bits per heavy atom. The van der Waals surface area contributed by atoms with E-state index >= 15 is 0 Å². The van der Waals surface area contributed by atoms with Gasteiger partial charge in [-0.3, -0.25) is 4.79 Å². The van der Waals surface area contributed by atoms with Crippen LogP contribution in [0.2, 0.25) is 0 Å². The first-order chi connectivity index (χ1) is 9.90. The Kier molecular flexibility index (Phi) is 10.8. The van der Waals surface area contributed by atoms with E-state index in [1.807, 2.05) is 13.8 Å². The number of carbonyl (C=O) groups is 1. The summed E-state index contributed by atoms with van der Waals surface area (Å²) in [5, 5.41) is 0. The summed E-state index contributed by atoms with van der Waals surface area (Å²) >= 11 is 0. The highest BCUT2D eigenvalue weighted by molar-refractivity contribution is 5.72. The van der Waals surface area contributed by atoms with Crippen molar-refractivity contribution >= 4 is 5.97 Å². The SMILES string of the molecule is CCCC(CCC)OC(C)(C)OC(=O)C(CCC)CCC. The minimum absolute atomic E-state index is 0.0127. The zero-order chi connectivity index (χ0) is 16.3. The molecule has 0 aliphatic carbocycles. The Morgan fingerprint density at radius 1 is 0.857 bits per heavy atom. The number of esters is 1. The van der Waals surface area contributed by atoms with E-state index in [0.717, 1.165) is 51.4 Å². The second-order valence-electron chi connectivity index (χ2n) is 6.41. The van der Waals surface area contributed by atoms with Gasteiger partial charge in [0.1, 0.15) is 0 Å². The van der Waals surface area contributed by atoms with Crippen molar-refractivity contribution in [1.29, 1.82) is 0 Å². The normalized spacial score (nSPS) is 12.2. The Hall–Kier alpha value is -0.570. The third-order valence-corrected chi connectivity index (χ3v) is 3.63. The summed E-state index contributed by atoms with van der Waals surface area (Å²) < 4.78 is 11.7. The predicted molar refractivity (Wildman–Crippen MR) is 88.2 cm³/mol. The largest absolute Gasteiger partial charge is 0.433 e. The molecule has 0 unspecified atom stereocenters. The molecule has 0 heterocycles. The zero-order valence-electron chi connectivity index (χ0n) is 15.0. The van der Waals surface area contributed by atoms with Crippen molar-refractivity contribution in [2.45, 2.75) is 105 Å². The highest BCUT2D eigenvalue weighted by atomic mass is 16.7. The van der Waals surface area contributed by atoms with Gasteiger partial charge in [-0.05, 0) is 25.7 Å². The van der Waals surface area contributed by atoms with Crippen LogP contribution in [0.1, 0.15) is 92.9 Å². The van der Waals surface area contributed by atoms with Gasteiger partial charge in [0, 0.05) is 13.8 Å². The van der Waals surface area contributed by atoms with Gasteiger partial charge in [0.25, 0.3) is 0 Å². The highest BCUT2D eigenvalue weighted by Gasteiger charge is 2.30. The summed E-state index contributed by atoms with van der Waals surface area (Å²) in [6.07, 6.45) is 8.20. The number of hydrogen-bond donors (Lipinski definition) is 0. The molecule has 0 aliphatic heterocycles. The average molecular weight is 300 g/mol. The smallest absolute Gasteiger partial charge is 0.311 e. The lowest BCUT2D eigenvalue weighted by Gasteiger charge is -2.32. The first-order valence-electron chi connectivity index (χ1n) is 8.80. The predicted octanol–water partition coefficient (Wildman–Crippen LogP) is 5.47. The Morgan fingerprint density at radius 2 is 1.29 bits per heavy atom. The van der Waals surface area contributed by atoms with E-state index in [9.17, 15) is 4.79 Å². The Bertz CT molecular complexity index is 262. The Balaban J connectivity index is 4.56. The molecule has 126 valence electrons. The number of rotatable bonds is 12. The fourth-order valence-electron chi connectivity index (χ4n) is 2.73. The summed E-state index contributed by atoms with van der Waals surface area (Å²) in [7, 11) is 0. The fraction of sp³-hybridized carbons (Fsp3) is 0.944. The molecule has 0 aliphatic rings. The van der Waals surface area contributed by atoms with Crippen LogP contribution in [0, 0.1) is 5.92 Å². The van der Waals surface area contributed by atoms with E-state index in [4.69, 9.17) is 9.47 Å². The summed E-state index contributed by atoms with van der Waals surface area (Å²) in [5.74, 6) is -0.916. The molecule has 0 rings (SSSR count). The molecular formula is C18H36O3. The van der Waals surface area contributed by atoms with Crippen LogP contribution in [0.5, 0.6) is 0 Å². The van der Waals surface area contributed by atoms with Crippen LogP contribution in [0.25, 0.3) is 0 Å². The van der Waals surface area contributed by atoms with Crippen molar-refractivity contribution in [2.24, 2.45) is 5.92 Å². The van der Waals surface area contributed by atoms with Gasteiger partial charge in [0.05, 0.1) is 12.0 Å². The maximum atomic E-state index is 12.3. The number of carbonyl (C=O) groups excluding carboxylic acids is 1. The van der Waals surface area contributed by atoms with E-state index in [2.05, 4.69) is 27.7 Å². The van der Waals surface area contributed by atoms with Crippen LogP contribution in [-0.4, -0.2) is 17.9 Å². The van der Waals surface area contributed by atoms with Crippen molar-refractivity contribution in [3.05, 3.63) is 0 Å².